The number of piperazine rings is 1. The number of hydrogen-bond donors (Lipinski definition) is 0. The van der Waals surface area contributed by atoms with Crippen LogP contribution >= 0.6 is 0 Å². The molecule has 1 aliphatic carbocycles. The fraction of sp³-hybridized carbons (Fsp3) is 0.917. The lowest BCUT2D eigenvalue weighted by molar-refractivity contribution is -0.134. The number of carbonyl (C=O) groups excluding carboxylic acids is 1. The highest BCUT2D eigenvalue weighted by atomic mass is 16.2. The summed E-state index contributed by atoms with van der Waals surface area (Å²) in [5.74, 6) is 0.817. The van der Waals surface area contributed by atoms with Crippen LogP contribution < -0.4 is 0 Å². The molecule has 1 saturated carbocycles. The van der Waals surface area contributed by atoms with E-state index in [0.29, 0.717) is 11.8 Å². The van der Waals surface area contributed by atoms with E-state index in [1.54, 1.807) is 0 Å². The molecule has 1 aliphatic heterocycles. The Labute approximate surface area is 92.4 Å². The van der Waals surface area contributed by atoms with Crippen molar-refractivity contribution < 1.29 is 4.79 Å². The third-order valence-corrected chi connectivity index (χ3v) is 3.44. The Morgan fingerprint density at radius 1 is 1.20 bits per heavy atom. The molecule has 2 fully saturated rings. The first kappa shape index (κ1) is 10.9. The highest BCUT2D eigenvalue weighted by Gasteiger charge is 2.34. The van der Waals surface area contributed by atoms with E-state index in [0.717, 1.165) is 39.0 Å². The van der Waals surface area contributed by atoms with Gasteiger partial charge in [0.1, 0.15) is 0 Å². The van der Waals surface area contributed by atoms with Crippen LogP contribution in [0.15, 0.2) is 0 Å². The largest absolute Gasteiger partial charge is 0.340 e. The van der Waals surface area contributed by atoms with Gasteiger partial charge in [0.25, 0.3) is 0 Å². The molecule has 15 heavy (non-hydrogen) atoms. The molecule has 0 spiro atoms. The Morgan fingerprint density at radius 2 is 1.87 bits per heavy atom. The van der Waals surface area contributed by atoms with Gasteiger partial charge in [-0.25, -0.2) is 0 Å². The lowest BCUT2D eigenvalue weighted by Gasteiger charge is -2.34. The average Bonchev–Trinajstić information content (AvgIpc) is 3.10. The van der Waals surface area contributed by atoms with E-state index >= 15 is 0 Å². The molecule has 3 nitrogen and oxygen atoms in total. The van der Waals surface area contributed by atoms with Gasteiger partial charge in [-0.15, -0.1) is 0 Å². The van der Waals surface area contributed by atoms with E-state index in [-0.39, 0.29) is 0 Å². The predicted molar refractivity (Wildman–Crippen MR) is 60.7 cm³/mol. The van der Waals surface area contributed by atoms with Crippen LogP contribution in [0.5, 0.6) is 0 Å². The Hall–Kier alpha value is -0.570. The molecule has 0 aromatic heterocycles. The average molecular weight is 210 g/mol. The second kappa shape index (κ2) is 4.97. The molecule has 1 amide bonds. The zero-order chi connectivity index (χ0) is 10.7. The predicted octanol–water partition coefficient (Wildman–Crippen LogP) is 1.34. The number of hydrogen-bond acceptors (Lipinski definition) is 2. The van der Waals surface area contributed by atoms with Gasteiger partial charge in [0, 0.05) is 32.1 Å². The topological polar surface area (TPSA) is 23.6 Å². The molecular weight excluding hydrogens is 188 g/mol. The lowest BCUT2D eigenvalue weighted by atomic mass is 10.2. The van der Waals surface area contributed by atoms with Crippen LogP contribution in [-0.4, -0.2) is 48.4 Å². The summed E-state index contributed by atoms with van der Waals surface area (Å²) in [7, 11) is 0. The summed E-state index contributed by atoms with van der Waals surface area (Å²) < 4.78 is 0. The number of unbranched alkanes of at least 4 members (excludes halogenated alkanes) is 1. The van der Waals surface area contributed by atoms with Gasteiger partial charge < -0.3 is 4.90 Å². The number of nitrogens with zero attached hydrogens (tertiary/aromatic N) is 2. The van der Waals surface area contributed by atoms with Gasteiger partial charge in [0.05, 0.1) is 0 Å². The van der Waals surface area contributed by atoms with Crippen molar-refractivity contribution in [2.45, 2.75) is 32.6 Å². The van der Waals surface area contributed by atoms with Crippen molar-refractivity contribution in [1.29, 1.82) is 0 Å². The maximum absolute atomic E-state index is 11.8. The summed E-state index contributed by atoms with van der Waals surface area (Å²) >= 11 is 0. The minimum atomic E-state index is 0.396. The monoisotopic (exact) mass is 210 g/mol. The fourth-order valence-electron chi connectivity index (χ4n) is 2.16. The second-order valence-electron chi connectivity index (χ2n) is 4.79. The summed E-state index contributed by atoms with van der Waals surface area (Å²) in [6, 6.07) is 0. The van der Waals surface area contributed by atoms with Crippen LogP contribution in [0.3, 0.4) is 0 Å². The molecule has 2 aliphatic rings. The Morgan fingerprint density at radius 3 is 2.40 bits per heavy atom. The van der Waals surface area contributed by atoms with Crippen molar-refractivity contribution in [1.82, 2.24) is 9.80 Å². The molecule has 0 aromatic carbocycles. The zero-order valence-corrected chi connectivity index (χ0v) is 9.74. The Balaban J connectivity index is 1.69. The van der Waals surface area contributed by atoms with E-state index < -0.39 is 0 Å². The van der Waals surface area contributed by atoms with Gasteiger partial charge in [-0.3, -0.25) is 9.69 Å². The highest BCUT2D eigenvalue weighted by Crippen LogP contribution is 2.31. The fourth-order valence-corrected chi connectivity index (χ4v) is 2.16. The minimum Gasteiger partial charge on any atom is -0.340 e. The van der Waals surface area contributed by atoms with E-state index in [1.807, 2.05) is 0 Å². The third kappa shape index (κ3) is 2.94. The highest BCUT2D eigenvalue weighted by molar-refractivity contribution is 5.81. The molecular formula is C12H22N2O. The van der Waals surface area contributed by atoms with Crippen molar-refractivity contribution in [3.63, 3.8) is 0 Å². The van der Waals surface area contributed by atoms with Crippen LogP contribution in [0, 0.1) is 5.92 Å². The van der Waals surface area contributed by atoms with E-state index in [4.69, 9.17) is 0 Å². The first-order valence-electron chi connectivity index (χ1n) is 6.32. The summed E-state index contributed by atoms with van der Waals surface area (Å²) in [6.07, 6.45) is 4.82. The van der Waals surface area contributed by atoms with Gasteiger partial charge in [-0.05, 0) is 25.8 Å². The maximum Gasteiger partial charge on any atom is 0.225 e. The van der Waals surface area contributed by atoms with Gasteiger partial charge in [-0.2, -0.15) is 0 Å². The normalized spacial score (nSPS) is 23.1. The second-order valence-corrected chi connectivity index (χ2v) is 4.79. The molecule has 0 radical (unpaired) electrons. The quantitative estimate of drug-likeness (QED) is 0.699. The van der Waals surface area contributed by atoms with Gasteiger partial charge in [-0.1, -0.05) is 13.3 Å². The summed E-state index contributed by atoms with van der Waals surface area (Å²) in [4.78, 5) is 16.3. The summed E-state index contributed by atoms with van der Waals surface area (Å²) in [5.41, 5.74) is 0. The van der Waals surface area contributed by atoms with Crippen molar-refractivity contribution >= 4 is 5.91 Å². The zero-order valence-electron chi connectivity index (χ0n) is 9.74. The van der Waals surface area contributed by atoms with Crippen LogP contribution in [-0.2, 0) is 4.79 Å². The van der Waals surface area contributed by atoms with Gasteiger partial charge in [0.2, 0.25) is 5.91 Å². The van der Waals surface area contributed by atoms with E-state index in [9.17, 15) is 4.79 Å². The van der Waals surface area contributed by atoms with Crippen LogP contribution in [0.1, 0.15) is 32.6 Å². The molecule has 0 atom stereocenters. The number of amides is 1. The molecule has 1 saturated heterocycles. The minimum absolute atomic E-state index is 0.396. The van der Waals surface area contributed by atoms with Crippen molar-refractivity contribution in [3.05, 3.63) is 0 Å². The molecule has 0 bridgehead atoms. The molecule has 1 heterocycles. The van der Waals surface area contributed by atoms with Crippen molar-refractivity contribution in [3.8, 4) is 0 Å². The van der Waals surface area contributed by atoms with Crippen LogP contribution in [0.2, 0.25) is 0 Å². The van der Waals surface area contributed by atoms with Gasteiger partial charge in [0.15, 0.2) is 0 Å². The molecule has 2 rings (SSSR count). The molecule has 3 heteroatoms. The van der Waals surface area contributed by atoms with Gasteiger partial charge >= 0.3 is 0 Å². The van der Waals surface area contributed by atoms with Crippen molar-refractivity contribution in [2.75, 3.05) is 32.7 Å². The SMILES string of the molecule is CCCCN1CCN(C(=O)C2CC2)CC1. The lowest BCUT2D eigenvalue weighted by Crippen LogP contribution is -2.49. The maximum atomic E-state index is 11.8. The number of rotatable bonds is 4. The van der Waals surface area contributed by atoms with Crippen LogP contribution in [0.4, 0.5) is 0 Å². The first-order chi connectivity index (χ1) is 7.31. The number of carbonyl (C=O) groups is 1. The van der Waals surface area contributed by atoms with E-state index in [2.05, 4.69) is 16.7 Å². The first-order valence-corrected chi connectivity index (χ1v) is 6.32. The molecule has 0 aromatic rings. The van der Waals surface area contributed by atoms with E-state index in [1.165, 1.54) is 19.4 Å². The Kier molecular flexibility index (Phi) is 3.62. The molecule has 86 valence electrons. The molecule has 0 unspecified atom stereocenters. The third-order valence-electron chi connectivity index (χ3n) is 3.44. The standard InChI is InChI=1S/C12H22N2O/c1-2-3-6-13-7-9-14(10-8-13)12(15)11-4-5-11/h11H,2-10H2,1H3. The smallest absolute Gasteiger partial charge is 0.225 e. The molecule has 0 N–H and O–H groups in total. The van der Waals surface area contributed by atoms with Crippen molar-refractivity contribution in [2.24, 2.45) is 5.92 Å². The van der Waals surface area contributed by atoms with Crippen LogP contribution in [0.25, 0.3) is 0 Å². The summed E-state index contributed by atoms with van der Waals surface area (Å²) in [5, 5.41) is 0. The summed E-state index contributed by atoms with van der Waals surface area (Å²) in [6.45, 7) is 7.52. The Bertz CT molecular complexity index is 218.